The van der Waals surface area contributed by atoms with E-state index in [2.05, 4.69) is 18.8 Å². The lowest BCUT2D eigenvalue weighted by atomic mass is 9.97. The van der Waals surface area contributed by atoms with Crippen LogP contribution in [0.4, 0.5) is 0 Å². The lowest BCUT2D eigenvalue weighted by Crippen LogP contribution is -2.48. The van der Waals surface area contributed by atoms with E-state index in [-0.39, 0.29) is 30.1 Å². The second-order valence-electron chi connectivity index (χ2n) is 6.68. The molecule has 0 spiro atoms. The van der Waals surface area contributed by atoms with Gasteiger partial charge in [-0.15, -0.1) is 0 Å². The fraction of sp³-hybridized carbons (Fsp3) is 0.625. The van der Waals surface area contributed by atoms with Gasteiger partial charge >= 0.3 is 5.69 Å². The molecule has 2 aromatic rings. The second kappa shape index (κ2) is 5.92. The minimum atomic E-state index is -0.432. The molecule has 0 N–H and O–H groups in total. The lowest BCUT2D eigenvalue weighted by Gasteiger charge is -2.39. The number of carbonyl (C=O) groups is 1. The van der Waals surface area contributed by atoms with Gasteiger partial charge in [0.05, 0.1) is 6.33 Å². The molecule has 1 aliphatic heterocycles. The van der Waals surface area contributed by atoms with Gasteiger partial charge in [-0.25, -0.2) is 9.78 Å². The van der Waals surface area contributed by atoms with Crippen molar-refractivity contribution in [2.45, 2.75) is 51.7 Å². The molecule has 1 saturated heterocycles. The van der Waals surface area contributed by atoms with Gasteiger partial charge < -0.3 is 9.47 Å². The zero-order valence-electron chi connectivity index (χ0n) is 14.5. The summed E-state index contributed by atoms with van der Waals surface area (Å²) in [4.78, 5) is 43.2. The first kappa shape index (κ1) is 16.5. The largest absolute Gasteiger partial charge is 0.336 e. The molecule has 0 saturated carbocycles. The van der Waals surface area contributed by atoms with Gasteiger partial charge in [-0.3, -0.25) is 18.7 Å². The van der Waals surface area contributed by atoms with Crippen molar-refractivity contribution in [3.05, 3.63) is 27.2 Å². The van der Waals surface area contributed by atoms with Gasteiger partial charge in [0.1, 0.15) is 6.54 Å². The molecule has 24 heavy (non-hydrogen) atoms. The van der Waals surface area contributed by atoms with Crippen molar-refractivity contribution < 1.29 is 4.79 Å². The standard InChI is InChI=1S/C16H23N5O3/c1-10-6-5-7-11(2)21(10)12(22)8-20-9-17-14-13(20)15(23)19(4)16(24)18(14)3/h9-11H,5-8H2,1-4H3/t10-,11+. The van der Waals surface area contributed by atoms with Gasteiger partial charge in [-0.1, -0.05) is 0 Å². The van der Waals surface area contributed by atoms with Crippen molar-refractivity contribution >= 4 is 17.1 Å². The zero-order valence-corrected chi connectivity index (χ0v) is 14.5. The van der Waals surface area contributed by atoms with Crippen molar-refractivity contribution in [1.82, 2.24) is 23.6 Å². The van der Waals surface area contributed by atoms with E-state index in [9.17, 15) is 14.4 Å². The second-order valence-corrected chi connectivity index (χ2v) is 6.68. The maximum atomic E-state index is 12.8. The first-order valence-corrected chi connectivity index (χ1v) is 8.25. The van der Waals surface area contributed by atoms with Gasteiger partial charge in [0.2, 0.25) is 5.91 Å². The molecule has 1 amide bonds. The number of imidazole rings is 1. The van der Waals surface area contributed by atoms with Crippen LogP contribution in [-0.2, 0) is 25.4 Å². The minimum Gasteiger partial charge on any atom is -0.336 e. The van der Waals surface area contributed by atoms with Crippen molar-refractivity contribution in [3.63, 3.8) is 0 Å². The number of fused-ring (bicyclic) bond motifs is 1. The first-order chi connectivity index (χ1) is 11.3. The van der Waals surface area contributed by atoms with E-state index in [1.807, 2.05) is 4.90 Å². The van der Waals surface area contributed by atoms with E-state index in [4.69, 9.17) is 0 Å². The van der Waals surface area contributed by atoms with Gasteiger partial charge in [-0.2, -0.15) is 0 Å². The molecule has 3 rings (SSSR count). The Morgan fingerprint density at radius 1 is 1.17 bits per heavy atom. The summed E-state index contributed by atoms with van der Waals surface area (Å²) < 4.78 is 3.91. The van der Waals surface area contributed by atoms with Crippen molar-refractivity contribution in [2.24, 2.45) is 14.1 Å². The molecule has 8 heteroatoms. The number of rotatable bonds is 2. The molecule has 0 radical (unpaired) electrons. The van der Waals surface area contributed by atoms with Gasteiger partial charge in [0, 0.05) is 26.2 Å². The lowest BCUT2D eigenvalue weighted by molar-refractivity contribution is -0.137. The minimum absolute atomic E-state index is 0.0232. The number of aryl methyl sites for hydroxylation is 1. The Bertz CT molecular complexity index is 897. The summed E-state index contributed by atoms with van der Waals surface area (Å²) in [7, 11) is 3.00. The third-order valence-electron chi connectivity index (χ3n) is 5.00. The molecule has 3 heterocycles. The molecule has 2 aromatic heterocycles. The zero-order chi connectivity index (χ0) is 17.6. The van der Waals surface area contributed by atoms with Gasteiger partial charge in [-0.05, 0) is 33.1 Å². The van der Waals surface area contributed by atoms with Crippen LogP contribution in [0.2, 0.25) is 0 Å². The fourth-order valence-corrected chi connectivity index (χ4v) is 3.66. The van der Waals surface area contributed by atoms with Crippen LogP contribution in [0.5, 0.6) is 0 Å². The fourth-order valence-electron chi connectivity index (χ4n) is 3.66. The van der Waals surface area contributed by atoms with E-state index in [0.717, 1.165) is 23.8 Å². The molecule has 0 unspecified atom stereocenters. The Kier molecular flexibility index (Phi) is 4.06. The number of piperidine rings is 1. The number of amides is 1. The summed E-state index contributed by atoms with van der Waals surface area (Å²) in [6.07, 6.45) is 4.58. The number of hydrogen-bond donors (Lipinski definition) is 0. The molecule has 130 valence electrons. The van der Waals surface area contributed by atoms with Crippen molar-refractivity contribution in [1.29, 1.82) is 0 Å². The Morgan fingerprint density at radius 3 is 2.42 bits per heavy atom. The number of nitrogens with zero attached hydrogens (tertiary/aromatic N) is 5. The van der Waals surface area contributed by atoms with E-state index < -0.39 is 11.2 Å². The molecule has 0 bridgehead atoms. The summed E-state index contributed by atoms with van der Waals surface area (Å²) in [5.74, 6) is -0.0232. The van der Waals surface area contributed by atoms with E-state index in [0.29, 0.717) is 5.65 Å². The summed E-state index contributed by atoms with van der Waals surface area (Å²) >= 11 is 0. The SMILES string of the molecule is C[C@@H]1CCC[C@H](C)N1C(=O)Cn1cnc2c1c(=O)n(C)c(=O)n2C. The average Bonchev–Trinajstić information content (AvgIpc) is 2.94. The Morgan fingerprint density at radius 2 is 1.79 bits per heavy atom. The van der Waals surface area contributed by atoms with Crippen LogP contribution in [0.25, 0.3) is 11.2 Å². The van der Waals surface area contributed by atoms with Crippen LogP contribution < -0.4 is 11.2 Å². The van der Waals surface area contributed by atoms with Crippen LogP contribution in [0, 0.1) is 0 Å². The van der Waals surface area contributed by atoms with Gasteiger partial charge in [0.25, 0.3) is 5.56 Å². The maximum Gasteiger partial charge on any atom is 0.332 e. The van der Waals surface area contributed by atoms with E-state index >= 15 is 0 Å². The Balaban J connectivity index is 2.01. The molecular formula is C16H23N5O3. The predicted octanol–water partition coefficient (Wildman–Crippen LogP) is 0.223. The highest BCUT2D eigenvalue weighted by Gasteiger charge is 2.29. The number of carbonyl (C=O) groups excluding carboxylic acids is 1. The summed E-state index contributed by atoms with van der Waals surface area (Å²) in [6, 6.07) is 0.395. The van der Waals surface area contributed by atoms with Crippen LogP contribution in [0.3, 0.4) is 0 Å². The molecule has 2 atom stereocenters. The van der Waals surface area contributed by atoms with Crippen LogP contribution in [-0.4, -0.2) is 41.6 Å². The molecular weight excluding hydrogens is 310 g/mol. The third-order valence-corrected chi connectivity index (χ3v) is 5.00. The van der Waals surface area contributed by atoms with Crippen molar-refractivity contribution in [2.75, 3.05) is 0 Å². The van der Waals surface area contributed by atoms with Gasteiger partial charge in [0.15, 0.2) is 11.2 Å². The Hall–Kier alpha value is -2.38. The number of hydrogen-bond acceptors (Lipinski definition) is 4. The highest BCUT2D eigenvalue weighted by molar-refractivity contribution is 5.79. The molecule has 0 aromatic carbocycles. The molecule has 8 nitrogen and oxygen atoms in total. The predicted molar refractivity (Wildman–Crippen MR) is 89.8 cm³/mol. The van der Waals surface area contributed by atoms with Crippen LogP contribution >= 0.6 is 0 Å². The monoisotopic (exact) mass is 333 g/mol. The molecule has 1 aliphatic rings. The first-order valence-electron chi connectivity index (χ1n) is 8.25. The average molecular weight is 333 g/mol. The number of aromatic nitrogens is 4. The van der Waals surface area contributed by atoms with Crippen LogP contribution in [0.15, 0.2) is 15.9 Å². The highest BCUT2D eigenvalue weighted by Crippen LogP contribution is 2.23. The van der Waals surface area contributed by atoms with Crippen LogP contribution in [0.1, 0.15) is 33.1 Å². The molecule has 1 fully saturated rings. The Labute approximate surface area is 139 Å². The quantitative estimate of drug-likeness (QED) is 0.787. The third kappa shape index (κ3) is 2.46. The topological polar surface area (TPSA) is 82.1 Å². The summed E-state index contributed by atoms with van der Waals surface area (Å²) in [5, 5.41) is 0. The highest BCUT2D eigenvalue weighted by atomic mass is 16.2. The van der Waals surface area contributed by atoms with E-state index in [1.165, 1.54) is 17.9 Å². The number of likely N-dealkylation sites (tertiary alicyclic amines) is 1. The smallest absolute Gasteiger partial charge is 0.332 e. The van der Waals surface area contributed by atoms with Crippen molar-refractivity contribution in [3.8, 4) is 0 Å². The maximum absolute atomic E-state index is 12.8. The molecule has 0 aliphatic carbocycles. The summed E-state index contributed by atoms with van der Waals surface area (Å²) in [5.41, 5.74) is -0.276. The normalized spacial score (nSPS) is 21.4. The van der Waals surface area contributed by atoms with E-state index in [1.54, 1.807) is 11.6 Å². The summed E-state index contributed by atoms with van der Waals surface area (Å²) in [6.45, 7) is 4.17.